The zero-order valence-electron chi connectivity index (χ0n) is 16.3. The molecule has 1 saturated heterocycles. The van der Waals surface area contributed by atoms with E-state index >= 15 is 0 Å². The maximum absolute atomic E-state index is 12.8. The molecular formula is C19H24Cl2N4O4S. The summed E-state index contributed by atoms with van der Waals surface area (Å²) >= 11 is 5.96. The molecule has 0 radical (unpaired) electrons. The van der Waals surface area contributed by atoms with Crippen LogP contribution in [0.5, 0.6) is 0 Å². The Morgan fingerprint density at radius 2 is 1.93 bits per heavy atom. The number of hydrogen-bond donors (Lipinski definition) is 3. The summed E-state index contributed by atoms with van der Waals surface area (Å²) in [7, 11) is -3.91. The second kappa shape index (κ2) is 9.93. The van der Waals surface area contributed by atoms with Crippen molar-refractivity contribution >= 4 is 56.6 Å². The van der Waals surface area contributed by atoms with Crippen LogP contribution in [0.4, 0.5) is 0 Å². The summed E-state index contributed by atoms with van der Waals surface area (Å²) in [5.41, 5.74) is 5.37. The predicted octanol–water partition coefficient (Wildman–Crippen LogP) is 1.26. The number of rotatable bonds is 7. The molecule has 0 spiro atoms. The number of hydrogen-bond acceptors (Lipinski definition) is 5. The molecule has 11 heteroatoms. The fraction of sp³-hybridized carbons (Fsp3) is 0.368. The second-order valence-corrected chi connectivity index (χ2v) is 9.05. The summed E-state index contributed by atoms with van der Waals surface area (Å²) in [6.07, 6.45) is 0.287. The molecule has 1 fully saturated rings. The largest absolute Gasteiger partial charge is 0.353 e. The van der Waals surface area contributed by atoms with Gasteiger partial charge in [-0.15, -0.1) is 12.4 Å². The molecule has 0 aromatic heterocycles. The number of nitrogens with two attached hydrogens (primary N) is 1. The number of halogens is 2. The number of carbonyl (C=O) groups is 2. The van der Waals surface area contributed by atoms with Crippen molar-refractivity contribution in [3.63, 3.8) is 0 Å². The van der Waals surface area contributed by atoms with E-state index in [0.29, 0.717) is 24.7 Å². The van der Waals surface area contributed by atoms with Crippen molar-refractivity contribution in [1.29, 1.82) is 0 Å². The lowest BCUT2D eigenvalue weighted by atomic mass is 10.1. The van der Waals surface area contributed by atoms with Crippen molar-refractivity contribution in [2.45, 2.75) is 30.3 Å². The van der Waals surface area contributed by atoms with E-state index in [2.05, 4.69) is 10.0 Å². The minimum atomic E-state index is -3.91. The Morgan fingerprint density at radius 1 is 1.27 bits per heavy atom. The van der Waals surface area contributed by atoms with Crippen LogP contribution < -0.4 is 15.8 Å². The van der Waals surface area contributed by atoms with Crippen LogP contribution in [0.25, 0.3) is 10.8 Å². The highest BCUT2D eigenvalue weighted by atomic mass is 35.5. The summed E-state index contributed by atoms with van der Waals surface area (Å²) in [4.78, 5) is 26.2. The number of nitrogens with zero attached hydrogens (tertiary/aromatic N) is 1. The maximum Gasteiger partial charge on any atom is 0.242 e. The minimum absolute atomic E-state index is 0. The van der Waals surface area contributed by atoms with Crippen LogP contribution >= 0.6 is 24.0 Å². The summed E-state index contributed by atoms with van der Waals surface area (Å²) in [5, 5.41) is 4.74. The molecular weight excluding hydrogens is 451 g/mol. The van der Waals surface area contributed by atoms with Gasteiger partial charge in [0.1, 0.15) is 12.1 Å². The van der Waals surface area contributed by atoms with E-state index in [1.165, 1.54) is 17.0 Å². The molecule has 0 unspecified atom stereocenters. The van der Waals surface area contributed by atoms with Gasteiger partial charge in [0, 0.05) is 24.7 Å². The van der Waals surface area contributed by atoms with Gasteiger partial charge in [-0.25, -0.2) is 8.42 Å². The standard InChI is InChI=1S/C19H23ClN4O4S.ClH/c1-12(18(25)22-8-7-21)24-9-6-17(19(24)26)23-29(27,28)16-5-3-13-10-15(20)4-2-14(13)11-16;/h2-5,10-12,17,23H,6-9,21H2,1H3,(H,22,25);1H/t12-,17-;/m0./s1. The van der Waals surface area contributed by atoms with Crippen LogP contribution in [0.1, 0.15) is 13.3 Å². The summed E-state index contributed by atoms with van der Waals surface area (Å²) in [6.45, 7) is 2.51. The molecule has 2 aromatic rings. The lowest BCUT2D eigenvalue weighted by Gasteiger charge is -2.24. The van der Waals surface area contributed by atoms with Gasteiger partial charge in [-0.3, -0.25) is 9.59 Å². The first-order chi connectivity index (χ1) is 13.7. The summed E-state index contributed by atoms with van der Waals surface area (Å²) < 4.78 is 28.1. The number of sulfonamides is 1. The van der Waals surface area contributed by atoms with Crippen LogP contribution in [0.2, 0.25) is 5.02 Å². The number of benzene rings is 2. The van der Waals surface area contributed by atoms with Gasteiger partial charge >= 0.3 is 0 Å². The number of nitrogens with one attached hydrogen (secondary N) is 2. The van der Waals surface area contributed by atoms with Crippen LogP contribution in [0.15, 0.2) is 41.3 Å². The molecule has 0 aliphatic carbocycles. The summed E-state index contributed by atoms with van der Waals surface area (Å²) in [5.74, 6) is -0.739. The van der Waals surface area contributed by atoms with Gasteiger partial charge in [-0.2, -0.15) is 4.72 Å². The molecule has 1 aliphatic rings. The average molecular weight is 475 g/mol. The average Bonchev–Trinajstić information content (AvgIpc) is 3.04. The highest BCUT2D eigenvalue weighted by Crippen LogP contribution is 2.24. The maximum atomic E-state index is 12.8. The molecule has 1 aliphatic heterocycles. The van der Waals surface area contributed by atoms with Crippen molar-refractivity contribution < 1.29 is 18.0 Å². The van der Waals surface area contributed by atoms with Gasteiger partial charge < -0.3 is 16.0 Å². The molecule has 0 saturated carbocycles. The molecule has 30 heavy (non-hydrogen) atoms. The molecule has 2 amide bonds. The molecule has 1 heterocycles. The zero-order valence-corrected chi connectivity index (χ0v) is 18.7. The molecule has 3 rings (SSSR count). The quantitative estimate of drug-likeness (QED) is 0.557. The normalized spacial score (nSPS) is 17.6. The first-order valence-corrected chi connectivity index (χ1v) is 11.1. The second-order valence-electron chi connectivity index (χ2n) is 6.90. The lowest BCUT2D eigenvalue weighted by molar-refractivity contribution is -0.137. The highest BCUT2D eigenvalue weighted by molar-refractivity contribution is 7.89. The van der Waals surface area contributed by atoms with Crippen LogP contribution in [-0.4, -0.2) is 56.9 Å². The number of carbonyl (C=O) groups excluding carboxylic acids is 2. The van der Waals surface area contributed by atoms with Gasteiger partial charge in [-0.1, -0.05) is 23.7 Å². The van der Waals surface area contributed by atoms with Gasteiger partial charge in [0.2, 0.25) is 21.8 Å². The Labute approximate surface area is 186 Å². The molecule has 0 bridgehead atoms. The van der Waals surface area contributed by atoms with Crippen LogP contribution in [0, 0.1) is 0 Å². The fourth-order valence-corrected chi connectivity index (χ4v) is 4.74. The Balaban J connectivity index is 0.00000320. The Kier molecular flexibility index (Phi) is 8.06. The van der Waals surface area contributed by atoms with Crippen LogP contribution in [0.3, 0.4) is 0 Å². The molecule has 4 N–H and O–H groups in total. The van der Waals surface area contributed by atoms with Gasteiger partial charge in [0.05, 0.1) is 4.90 Å². The predicted molar refractivity (Wildman–Crippen MR) is 118 cm³/mol. The Hall–Kier alpha value is -1.91. The summed E-state index contributed by atoms with van der Waals surface area (Å²) in [6, 6.07) is 8.23. The smallest absolute Gasteiger partial charge is 0.242 e. The monoisotopic (exact) mass is 474 g/mol. The zero-order chi connectivity index (χ0) is 21.2. The van der Waals surface area contributed by atoms with E-state index in [4.69, 9.17) is 17.3 Å². The Bertz CT molecular complexity index is 1050. The van der Waals surface area contributed by atoms with E-state index in [1.807, 2.05) is 0 Å². The highest BCUT2D eigenvalue weighted by Gasteiger charge is 2.38. The van der Waals surface area contributed by atoms with Gasteiger partial charge in [0.25, 0.3) is 0 Å². The third kappa shape index (κ3) is 5.22. The number of likely N-dealkylation sites (tertiary alicyclic amines) is 1. The number of fused-ring (bicyclic) bond motifs is 1. The Morgan fingerprint density at radius 3 is 2.63 bits per heavy atom. The minimum Gasteiger partial charge on any atom is -0.353 e. The van der Waals surface area contributed by atoms with E-state index in [0.717, 1.165) is 10.8 Å². The van der Waals surface area contributed by atoms with E-state index in [1.54, 1.807) is 31.2 Å². The molecule has 2 aromatic carbocycles. The molecule has 8 nitrogen and oxygen atoms in total. The topological polar surface area (TPSA) is 122 Å². The van der Waals surface area contributed by atoms with Crippen molar-refractivity contribution in [2.24, 2.45) is 5.73 Å². The first kappa shape index (κ1) is 24.4. The molecule has 2 atom stereocenters. The van der Waals surface area contributed by atoms with E-state index in [-0.39, 0.29) is 29.6 Å². The van der Waals surface area contributed by atoms with Crippen molar-refractivity contribution in [2.75, 3.05) is 19.6 Å². The van der Waals surface area contributed by atoms with Crippen LogP contribution in [-0.2, 0) is 19.6 Å². The van der Waals surface area contributed by atoms with E-state index in [9.17, 15) is 18.0 Å². The third-order valence-electron chi connectivity index (χ3n) is 4.91. The first-order valence-electron chi connectivity index (χ1n) is 9.23. The lowest BCUT2D eigenvalue weighted by Crippen LogP contribution is -2.49. The van der Waals surface area contributed by atoms with Gasteiger partial charge in [-0.05, 0) is 48.4 Å². The van der Waals surface area contributed by atoms with Crippen molar-refractivity contribution in [1.82, 2.24) is 14.9 Å². The van der Waals surface area contributed by atoms with Crippen molar-refractivity contribution in [3.05, 3.63) is 41.4 Å². The SMILES string of the molecule is C[C@@H](C(=O)NCCN)N1CC[C@H](NS(=O)(=O)c2ccc3cc(Cl)ccc3c2)C1=O.Cl. The molecule has 164 valence electrons. The third-order valence-corrected chi connectivity index (χ3v) is 6.62. The fourth-order valence-electron chi connectivity index (χ4n) is 3.30. The van der Waals surface area contributed by atoms with E-state index < -0.39 is 28.0 Å². The van der Waals surface area contributed by atoms with Gasteiger partial charge in [0.15, 0.2) is 0 Å². The number of amides is 2. The van der Waals surface area contributed by atoms with Crippen molar-refractivity contribution in [3.8, 4) is 0 Å².